The highest BCUT2D eigenvalue weighted by molar-refractivity contribution is 6.38. The highest BCUT2D eigenvalue weighted by Crippen LogP contribution is 2.41. The Morgan fingerprint density at radius 1 is 1.31 bits per heavy atom. The summed E-state index contributed by atoms with van der Waals surface area (Å²) in [7, 11) is 0. The molecule has 0 radical (unpaired) electrons. The number of hydrogen-bond donors (Lipinski definition) is 4. The Hall–Kier alpha value is -3.21. The number of carboxylic acids is 1. The van der Waals surface area contributed by atoms with E-state index in [-0.39, 0.29) is 57.2 Å². The van der Waals surface area contributed by atoms with E-state index in [2.05, 4.69) is 0 Å². The van der Waals surface area contributed by atoms with Gasteiger partial charge in [0.2, 0.25) is 5.43 Å². The average molecular weight is 466 g/mol. The van der Waals surface area contributed by atoms with Gasteiger partial charge in [-0.1, -0.05) is 11.6 Å². The molecule has 168 valence electrons. The van der Waals surface area contributed by atoms with Crippen LogP contribution in [0.1, 0.15) is 21.5 Å². The first-order chi connectivity index (χ1) is 15.1. The minimum Gasteiger partial charge on any atom is -0.477 e. The molecular formula is C21H18ClF2N3O5. The fourth-order valence-electron chi connectivity index (χ4n) is 3.90. The number of aromatic nitrogens is 1. The number of anilines is 2. The van der Waals surface area contributed by atoms with Gasteiger partial charge in [-0.25, -0.2) is 13.6 Å². The smallest absolute Gasteiger partial charge is 0.341 e. The van der Waals surface area contributed by atoms with Gasteiger partial charge < -0.3 is 30.5 Å². The van der Waals surface area contributed by atoms with E-state index < -0.39 is 41.3 Å². The number of carbonyl (C=O) groups is 1. The molecular weight excluding hydrogens is 448 g/mol. The number of nitrogens with two attached hydrogens (primary N) is 1. The van der Waals surface area contributed by atoms with Crippen molar-refractivity contribution >= 4 is 39.8 Å². The van der Waals surface area contributed by atoms with Crippen LogP contribution < -0.4 is 16.1 Å². The van der Waals surface area contributed by atoms with Crippen molar-refractivity contribution in [2.45, 2.75) is 19.6 Å². The molecule has 0 amide bonds. The summed E-state index contributed by atoms with van der Waals surface area (Å²) in [6, 6.07) is 2.14. The number of halogens is 3. The molecule has 0 aliphatic carbocycles. The van der Waals surface area contributed by atoms with Gasteiger partial charge in [-0.05, 0) is 19.1 Å². The Morgan fingerprint density at radius 2 is 1.97 bits per heavy atom. The molecule has 4 rings (SSSR count). The highest BCUT2D eigenvalue weighted by atomic mass is 35.5. The van der Waals surface area contributed by atoms with Gasteiger partial charge in [0, 0.05) is 30.4 Å². The first-order valence-corrected chi connectivity index (χ1v) is 9.86. The van der Waals surface area contributed by atoms with Crippen LogP contribution in [0.2, 0.25) is 5.02 Å². The zero-order valence-corrected chi connectivity index (χ0v) is 17.5. The molecule has 8 nitrogen and oxygen atoms in total. The SMILES string of the molecule is Cc1c(F)c(N2CC(O)C2)c(Cl)c2c1c(=O)c(C(=O)O)cn2-c1cc(N)c(F)cc1CO. The number of nitrogen functional groups attached to an aromatic ring is 1. The molecule has 1 aliphatic heterocycles. The number of carboxylic acid groups (broad SMARTS) is 1. The second-order valence-corrected chi connectivity index (χ2v) is 7.97. The minimum atomic E-state index is -1.56. The molecule has 1 aliphatic rings. The summed E-state index contributed by atoms with van der Waals surface area (Å²) >= 11 is 6.56. The summed E-state index contributed by atoms with van der Waals surface area (Å²) in [5, 5.41) is 28.5. The fourth-order valence-corrected chi connectivity index (χ4v) is 4.29. The Labute approximate surface area is 184 Å². The number of β-amino-alcohol motifs (C(OH)–C–C–N with tert-alkyl or cyclic N) is 1. The lowest BCUT2D eigenvalue weighted by molar-refractivity contribution is 0.0695. The maximum absolute atomic E-state index is 15.3. The van der Waals surface area contributed by atoms with Crippen LogP contribution in [0.3, 0.4) is 0 Å². The van der Waals surface area contributed by atoms with E-state index in [1.807, 2.05) is 0 Å². The molecule has 11 heteroatoms. The summed E-state index contributed by atoms with van der Waals surface area (Å²) in [5.74, 6) is -3.18. The zero-order chi connectivity index (χ0) is 23.5. The van der Waals surface area contributed by atoms with Crippen molar-refractivity contribution in [1.82, 2.24) is 4.57 Å². The lowest BCUT2D eigenvalue weighted by Crippen LogP contribution is -2.51. The van der Waals surface area contributed by atoms with Gasteiger partial charge in [0.05, 0.1) is 45.7 Å². The molecule has 0 unspecified atom stereocenters. The summed E-state index contributed by atoms with van der Waals surface area (Å²) in [6.45, 7) is 0.914. The number of pyridine rings is 1. The summed E-state index contributed by atoms with van der Waals surface area (Å²) in [6.07, 6.45) is 0.313. The average Bonchev–Trinajstić information content (AvgIpc) is 2.72. The van der Waals surface area contributed by atoms with Crippen molar-refractivity contribution in [3.05, 3.63) is 61.9 Å². The number of fused-ring (bicyclic) bond motifs is 1. The number of rotatable bonds is 4. The second kappa shape index (κ2) is 7.73. The van der Waals surface area contributed by atoms with Crippen LogP contribution in [0.5, 0.6) is 0 Å². The Kier molecular flexibility index (Phi) is 5.32. The standard InChI is InChI=1S/C21H18ClF2N3O5/c1-8-15-18(16(22)19(17(8)24)26-4-10(29)5-26)27(6-11(20(15)30)21(31)32)14-3-13(25)12(23)2-9(14)7-28/h2-3,6,10,28-29H,4-5,7,25H2,1H3,(H,31,32). The molecule has 0 spiro atoms. The zero-order valence-electron chi connectivity index (χ0n) is 16.7. The molecule has 0 bridgehead atoms. The van der Waals surface area contributed by atoms with Gasteiger partial charge in [0.1, 0.15) is 11.4 Å². The molecule has 5 N–H and O–H groups in total. The van der Waals surface area contributed by atoms with Crippen LogP contribution in [0.25, 0.3) is 16.6 Å². The van der Waals surface area contributed by atoms with E-state index >= 15 is 4.39 Å². The number of aliphatic hydroxyl groups is 2. The van der Waals surface area contributed by atoms with E-state index in [4.69, 9.17) is 17.3 Å². The fraction of sp³-hybridized carbons (Fsp3) is 0.238. The van der Waals surface area contributed by atoms with E-state index in [1.54, 1.807) is 0 Å². The van der Waals surface area contributed by atoms with Gasteiger partial charge in [-0.15, -0.1) is 0 Å². The molecule has 2 heterocycles. The summed E-state index contributed by atoms with van der Waals surface area (Å²) < 4.78 is 30.5. The van der Waals surface area contributed by atoms with E-state index in [1.165, 1.54) is 22.5 Å². The number of aryl methyl sites for hydroxylation is 1. The lowest BCUT2D eigenvalue weighted by Gasteiger charge is -2.39. The van der Waals surface area contributed by atoms with Crippen molar-refractivity contribution < 1.29 is 28.9 Å². The quantitative estimate of drug-likeness (QED) is 0.435. The topological polar surface area (TPSA) is 129 Å². The first-order valence-electron chi connectivity index (χ1n) is 9.49. The summed E-state index contributed by atoms with van der Waals surface area (Å²) in [4.78, 5) is 26.2. The monoisotopic (exact) mass is 465 g/mol. The maximum atomic E-state index is 15.3. The Bertz CT molecular complexity index is 1350. The van der Waals surface area contributed by atoms with Crippen molar-refractivity contribution in [2.75, 3.05) is 23.7 Å². The number of aliphatic hydroxyl groups excluding tert-OH is 2. The van der Waals surface area contributed by atoms with Gasteiger partial charge in [-0.2, -0.15) is 0 Å². The number of hydrogen-bond acceptors (Lipinski definition) is 6. The van der Waals surface area contributed by atoms with Crippen LogP contribution >= 0.6 is 11.6 Å². The van der Waals surface area contributed by atoms with Crippen LogP contribution in [0.4, 0.5) is 20.2 Å². The Balaban J connectivity index is 2.21. The predicted molar refractivity (Wildman–Crippen MR) is 115 cm³/mol. The molecule has 2 aromatic carbocycles. The lowest BCUT2D eigenvalue weighted by atomic mass is 10.0. The third-order valence-electron chi connectivity index (χ3n) is 5.57. The first kappa shape index (κ1) is 22.0. The van der Waals surface area contributed by atoms with Gasteiger partial charge >= 0.3 is 5.97 Å². The largest absolute Gasteiger partial charge is 0.477 e. The van der Waals surface area contributed by atoms with Crippen LogP contribution in [0, 0.1) is 18.6 Å². The number of aromatic carboxylic acids is 1. The van der Waals surface area contributed by atoms with Gasteiger partial charge in [0.25, 0.3) is 0 Å². The van der Waals surface area contributed by atoms with E-state index in [0.29, 0.717) is 0 Å². The molecule has 0 atom stereocenters. The van der Waals surface area contributed by atoms with Gasteiger partial charge in [-0.3, -0.25) is 4.79 Å². The minimum absolute atomic E-state index is 0.0299. The Morgan fingerprint density at radius 3 is 2.53 bits per heavy atom. The molecule has 1 saturated heterocycles. The number of benzene rings is 2. The predicted octanol–water partition coefficient (Wildman–Crippen LogP) is 2.18. The van der Waals surface area contributed by atoms with Crippen molar-refractivity contribution in [2.24, 2.45) is 0 Å². The van der Waals surface area contributed by atoms with Gasteiger partial charge in [0.15, 0.2) is 5.82 Å². The van der Waals surface area contributed by atoms with Crippen LogP contribution in [-0.4, -0.2) is 45.0 Å². The third-order valence-corrected chi connectivity index (χ3v) is 5.93. The van der Waals surface area contributed by atoms with Crippen molar-refractivity contribution in [3.8, 4) is 5.69 Å². The molecule has 3 aromatic rings. The third kappa shape index (κ3) is 3.19. The number of nitrogens with zero attached hydrogens (tertiary/aromatic N) is 2. The van der Waals surface area contributed by atoms with E-state index in [0.717, 1.165) is 12.3 Å². The molecule has 32 heavy (non-hydrogen) atoms. The van der Waals surface area contributed by atoms with Crippen LogP contribution in [0.15, 0.2) is 23.1 Å². The highest BCUT2D eigenvalue weighted by Gasteiger charge is 2.33. The molecule has 0 saturated carbocycles. The second-order valence-electron chi connectivity index (χ2n) is 7.59. The normalized spacial score (nSPS) is 14.1. The molecule has 1 aromatic heterocycles. The van der Waals surface area contributed by atoms with Crippen molar-refractivity contribution in [3.63, 3.8) is 0 Å². The summed E-state index contributed by atoms with van der Waals surface area (Å²) in [5.41, 5.74) is 3.67. The maximum Gasteiger partial charge on any atom is 0.341 e. The van der Waals surface area contributed by atoms with E-state index in [9.17, 15) is 29.3 Å². The van der Waals surface area contributed by atoms with Crippen molar-refractivity contribution in [1.29, 1.82) is 0 Å². The van der Waals surface area contributed by atoms with Crippen LogP contribution in [-0.2, 0) is 6.61 Å². The molecule has 1 fully saturated rings.